The van der Waals surface area contributed by atoms with Crippen molar-refractivity contribution in [3.05, 3.63) is 65.7 Å². The molecule has 0 saturated heterocycles. The van der Waals surface area contributed by atoms with Gasteiger partial charge in [0.2, 0.25) is 11.8 Å². The number of nitrogens with one attached hydrogen (secondary N) is 1. The van der Waals surface area contributed by atoms with Crippen LogP contribution in [0.5, 0.6) is 5.75 Å². The first-order chi connectivity index (χ1) is 15.7. The van der Waals surface area contributed by atoms with Crippen LogP contribution in [0.3, 0.4) is 0 Å². The van der Waals surface area contributed by atoms with Gasteiger partial charge in [0, 0.05) is 25.9 Å². The summed E-state index contributed by atoms with van der Waals surface area (Å²) in [6.45, 7) is 4.45. The second kappa shape index (κ2) is 12.6. The Morgan fingerprint density at radius 1 is 1.00 bits per heavy atom. The van der Waals surface area contributed by atoms with E-state index in [0.29, 0.717) is 24.3 Å². The van der Waals surface area contributed by atoms with Crippen molar-refractivity contribution in [3.8, 4) is 5.75 Å². The molecule has 2 atom stereocenters. The van der Waals surface area contributed by atoms with Crippen molar-refractivity contribution in [2.75, 3.05) is 14.2 Å². The molecule has 0 aromatic heterocycles. The van der Waals surface area contributed by atoms with Crippen molar-refractivity contribution in [1.82, 2.24) is 10.2 Å². The van der Waals surface area contributed by atoms with E-state index >= 15 is 0 Å². The van der Waals surface area contributed by atoms with Crippen LogP contribution in [0.15, 0.2) is 54.6 Å². The highest BCUT2D eigenvalue weighted by molar-refractivity contribution is 5.86. The number of aliphatic carboxylic acids is 1. The number of carbonyl (C=O) groups is 3. The van der Waals surface area contributed by atoms with Crippen molar-refractivity contribution < 1.29 is 24.2 Å². The zero-order chi connectivity index (χ0) is 24.4. The molecule has 2 unspecified atom stereocenters. The lowest BCUT2D eigenvalue weighted by Crippen LogP contribution is -2.38. The topological polar surface area (TPSA) is 95.9 Å². The lowest BCUT2D eigenvalue weighted by Gasteiger charge is -2.25. The molecule has 33 heavy (non-hydrogen) atoms. The zero-order valence-corrected chi connectivity index (χ0v) is 19.8. The maximum Gasteiger partial charge on any atom is 0.305 e. The van der Waals surface area contributed by atoms with Gasteiger partial charge in [0.1, 0.15) is 5.75 Å². The third-order valence-electron chi connectivity index (χ3n) is 5.45. The first kappa shape index (κ1) is 25.9. The van der Waals surface area contributed by atoms with Crippen LogP contribution in [0.2, 0.25) is 0 Å². The van der Waals surface area contributed by atoms with Crippen LogP contribution < -0.4 is 10.1 Å². The average molecular weight is 455 g/mol. The van der Waals surface area contributed by atoms with E-state index in [1.54, 1.807) is 43.3 Å². The van der Waals surface area contributed by atoms with Gasteiger partial charge in [-0.25, -0.2) is 0 Å². The summed E-state index contributed by atoms with van der Waals surface area (Å²) in [7, 11) is 3.28. The third kappa shape index (κ3) is 8.60. The van der Waals surface area contributed by atoms with Crippen LogP contribution >= 0.6 is 0 Å². The highest BCUT2D eigenvalue weighted by atomic mass is 16.5. The molecule has 7 heteroatoms. The number of hydrogen-bond donors (Lipinski definition) is 2. The fraction of sp³-hybridized carbons (Fsp3) is 0.423. The van der Waals surface area contributed by atoms with Crippen molar-refractivity contribution in [2.24, 2.45) is 11.8 Å². The molecule has 0 saturated carbocycles. The summed E-state index contributed by atoms with van der Waals surface area (Å²) in [6, 6.07) is 15.9. The first-order valence-electron chi connectivity index (χ1n) is 11.1. The second-order valence-electron chi connectivity index (χ2n) is 8.70. The molecule has 2 N–H and O–H groups in total. The summed E-state index contributed by atoms with van der Waals surface area (Å²) in [6.07, 6.45) is 0.337. The van der Waals surface area contributed by atoms with Gasteiger partial charge in [0.25, 0.3) is 0 Å². The second-order valence-corrected chi connectivity index (χ2v) is 8.70. The van der Waals surface area contributed by atoms with E-state index < -0.39 is 17.9 Å². The molecule has 0 aliphatic heterocycles. The van der Waals surface area contributed by atoms with Gasteiger partial charge in [-0.2, -0.15) is 0 Å². The summed E-state index contributed by atoms with van der Waals surface area (Å²) < 4.78 is 5.16. The Labute approximate surface area is 195 Å². The third-order valence-corrected chi connectivity index (χ3v) is 5.45. The van der Waals surface area contributed by atoms with E-state index in [1.807, 2.05) is 44.2 Å². The average Bonchev–Trinajstić information content (AvgIpc) is 2.78. The van der Waals surface area contributed by atoms with Gasteiger partial charge in [0.05, 0.1) is 19.6 Å². The van der Waals surface area contributed by atoms with Gasteiger partial charge < -0.3 is 20.1 Å². The SMILES string of the molecule is COc1ccc(C(CC(=O)O)NC(=O)C(CC(=O)N(C)Cc2ccccc2)CC(C)C)cc1. The minimum atomic E-state index is -1.02. The summed E-state index contributed by atoms with van der Waals surface area (Å²) >= 11 is 0. The van der Waals surface area contributed by atoms with Crippen molar-refractivity contribution in [2.45, 2.75) is 45.7 Å². The summed E-state index contributed by atoms with van der Waals surface area (Å²) in [5, 5.41) is 12.2. The Kier molecular flexibility index (Phi) is 9.91. The Morgan fingerprint density at radius 3 is 2.18 bits per heavy atom. The van der Waals surface area contributed by atoms with Crippen molar-refractivity contribution in [1.29, 1.82) is 0 Å². The number of carbonyl (C=O) groups excluding carboxylic acids is 2. The molecule has 0 heterocycles. The summed E-state index contributed by atoms with van der Waals surface area (Å²) in [4.78, 5) is 39.1. The summed E-state index contributed by atoms with van der Waals surface area (Å²) in [5.74, 6) is -1.16. The number of benzene rings is 2. The predicted octanol–water partition coefficient (Wildman–Crippen LogP) is 4.04. The molecule has 0 spiro atoms. The van der Waals surface area contributed by atoms with Gasteiger partial charge in [-0.1, -0.05) is 56.3 Å². The molecule has 0 aliphatic carbocycles. The van der Waals surface area contributed by atoms with Gasteiger partial charge >= 0.3 is 5.97 Å². The fourth-order valence-electron chi connectivity index (χ4n) is 3.72. The van der Waals surface area contributed by atoms with Crippen LogP contribution in [0.1, 0.15) is 50.3 Å². The maximum atomic E-state index is 13.2. The predicted molar refractivity (Wildman–Crippen MR) is 127 cm³/mol. The number of carboxylic acids is 1. The van der Waals surface area contributed by atoms with Crippen LogP contribution in [-0.4, -0.2) is 41.9 Å². The van der Waals surface area contributed by atoms with Crippen LogP contribution in [0.4, 0.5) is 0 Å². The molecule has 2 aromatic rings. The quantitative estimate of drug-likeness (QED) is 0.505. The standard InChI is InChI=1S/C26H34N2O5/c1-18(2)14-21(15-24(29)28(3)17-19-8-6-5-7-9-19)26(32)27-23(16-25(30)31)20-10-12-22(33-4)13-11-20/h5-13,18,21,23H,14-17H2,1-4H3,(H,27,32)(H,30,31). The van der Waals surface area contributed by atoms with Crippen molar-refractivity contribution >= 4 is 17.8 Å². The minimum Gasteiger partial charge on any atom is -0.497 e. The molecule has 2 rings (SSSR count). The monoisotopic (exact) mass is 454 g/mol. The number of ether oxygens (including phenoxy) is 1. The van der Waals surface area contributed by atoms with E-state index in [2.05, 4.69) is 5.32 Å². The Morgan fingerprint density at radius 2 is 1.64 bits per heavy atom. The lowest BCUT2D eigenvalue weighted by molar-refractivity contribution is -0.139. The van der Waals surface area contributed by atoms with Gasteiger partial charge in [-0.05, 0) is 35.6 Å². The molecular weight excluding hydrogens is 420 g/mol. The molecule has 2 aromatic carbocycles. The molecule has 178 valence electrons. The number of nitrogens with zero attached hydrogens (tertiary/aromatic N) is 1. The number of hydrogen-bond acceptors (Lipinski definition) is 4. The first-order valence-corrected chi connectivity index (χ1v) is 11.1. The zero-order valence-electron chi connectivity index (χ0n) is 19.8. The van der Waals surface area contributed by atoms with Crippen LogP contribution in [-0.2, 0) is 20.9 Å². The minimum absolute atomic E-state index is 0.0652. The number of rotatable bonds is 12. The van der Waals surface area contributed by atoms with E-state index in [1.165, 1.54) is 0 Å². The summed E-state index contributed by atoms with van der Waals surface area (Å²) in [5.41, 5.74) is 1.68. The van der Waals surface area contributed by atoms with E-state index in [-0.39, 0.29) is 30.6 Å². The number of amides is 2. The molecule has 2 amide bonds. The molecule has 7 nitrogen and oxygen atoms in total. The highest BCUT2D eigenvalue weighted by Crippen LogP contribution is 2.23. The van der Waals surface area contributed by atoms with Gasteiger partial charge in [0.15, 0.2) is 0 Å². The number of methoxy groups -OCH3 is 1. The van der Waals surface area contributed by atoms with Crippen LogP contribution in [0.25, 0.3) is 0 Å². The van der Waals surface area contributed by atoms with E-state index in [4.69, 9.17) is 4.74 Å². The lowest BCUT2D eigenvalue weighted by atomic mass is 9.91. The fourth-order valence-corrected chi connectivity index (χ4v) is 3.72. The van der Waals surface area contributed by atoms with Crippen LogP contribution in [0, 0.1) is 11.8 Å². The van der Waals surface area contributed by atoms with E-state index in [0.717, 1.165) is 5.56 Å². The van der Waals surface area contributed by atoms with Crippen molar-refractivity contribution in [3.63, 3.8) is 0 Å². The largest absolute Gasteiger partial charge is 0.497 e. The molecular formula is C26H34N2O5. The van der Waals surface area contributed by atoms with E-state index in [9.17, 15) is 19.5 Å². The smallest absolute Gasteiger partial charge is 0.305 e. The normalized spacial score (nSPS) is 12.6. The Balaban J connectivity index is 2.12. The highest BCUT2D eigenvalue weighted by Gasteiger charge is 2.28. The maximum absolute atomic E-state index is 13.2. The molecule has 0 bridgehead atoms. The Hall–Kier alpha value is -3.35. The van der Waals surface area contributed by atoms with Gasteiger partial charge in [-0.3, -0.25) is 14.4 Å². The Bertz CT molecular complexity index is 912. The molecule has 0 aliphatic rings. The van der Waals surface area contributed by atoms with Gasteiger partial charge in [-0.15, -0.1) is 0 Å². The number of carboxylic acid groups (broad SMARTS) is 1. The molecule has 0 fully saturated rings. The molecule has 0 radical (unpaired) electrons.